The molecule has 3 rings (SSSR count). The van der Waals surface area contributed by atoms with E-state index in [1.807, 2.05) is 37.3 Å². The van der Waals surface area contributed by atoms with Crippen molar-refractivity contribution in [2.75, 3.05) is 0 Å². The molecule has 1 N–H and O–H groups in total. The van der Waals surface area contributed by atoms with Gasteiger partial charge in [-0.3, -0.25) is 0 Å². The first-order valence-electron chi connectivity index (χ1n) is 8.08. The van der Waals surface area contributed by atoms with Gasteiger partial charge in [-0.2, -0.15) is 0 Å². The molecule has 2 aromatic carbocycles. The predicted molar refractivity (Wildman–Crippen MR) is 90.9 cm³/mol. The Bertz CT molecular complexity index is 698. The van der Waals surface area contributed by atoms with Crippen LogP contribution in [0.25, 0.3) is 0 Å². The second-order valence-electron chi connectivity index (χ2n) is 6.26. The molecule has 1 aliphatic carbocycles. The summed E-state index contributed by atoms with van der Waals surface area (Å²) in [4.78, 5) is 0. The molecule has 0 bridgehead atoms. The second-order valence-corrected chi connectivity index (χ2v) is 6.26. The lowest BCUT2D eigenvalue weighted by atomic mass is 9.69. The summed E-state index contributed by atoms with van der Waals surface area (Å²) < 4.78 is 0. The maximum atomic E-state index is 9.80. The fourth-order valence-electron chi connectivity index (χ4n) is 3.31. The molecule has 1 heteroatoms. The lowest BCUT2D eigenvalue weighted by Gasteiger charge is -2.33. The molecule has 1 fully saturated rings. The summed E-state index contributed by atoms with van der Waals surface area (Å²) in [6.45, 7) is 1.96. The van der Waals surface area contributed by atoms with Crippen molar-refractivity contribution < 1.29 is 5.11 Å². The van der Waals surface area contributed by atoms with E-state index < -0.39 is 0 Å². The fraction of sp³-hybridized carbons (Fsp3) is 0.333. The Labute approximate surface area is 133 Å². The van der Waals surface area contributed by atoms with Crippen LogP contribution < -0.4 is 0 Å². The highest BCUT2D eigenvalue weighted by Crippen LogP contribution is 2.40. The summed E-state index contributed by atoms with van der Waals surface area (Å²) in [6, 6.07) is 16.2. The number of rotatable bonds is 1. The third-order valence-electron chi connectivity index (χ3n) is 4.68. The van der Waals surface area contributed by atoms with E-state index in [9.17, 15) is 5.11 Å². The SMILES string of the molecule is Cc1cc(C2(C#Cc3ccccc3)CCCCC2)ccc1O. The standard InChI is InChI=1S/C21H22O/c1-17-16-19(10-11-20(17)22)21(13-6-3-7-14-21)15-12-18-8-4-2-5-9-18/h2,4-5,8-11,16,22H,3,6-7,13-14H2,1H3. The van der Waals surface area contributed by atoms with Gasteiger partial charge in [-0.05, 0) is 49.1 Å². The highest BCUT2D eigenvalue weighted by atomic mass is 16.3. The largest absolute Gasteiger partial charge is 0.508 e. The average molecular weight is 290 g/mol. The summed E-state index contributed by atoms with van der Waals surface area (Å²) in [5.74, 6) is 7.32. The summed E-state index contributed by atoms with van der Waals surface area (Å²) in [5, 5.41) is 9.80. The van der Waals surface area contributed by atoms with Crippen LogP contribution in [0.1, 0.15) is 48.8 Å². The maximum absolute atomic E-state index is 9.80. The molecular weight excluding hydrogens is 268 g/mol. The number of phenolic OH excluding ortho intramolecular Hbond substituents is 1. The minimum atomic E-state index is -0.0629. The van der Waals surface area contributed by atoms with Crippen LogP contribution in [0.5, 0.6) is 5.75 Å². The van der Waals surface area contributed by atoms with Gasteiger partial charge in [0.1, 0.15) is 5.75 Å². The van der Waals surface area contributed by atoms with Gasteiger partial charge in [0.05, 0.1) is 5.41 Å². The van der Waals surface area contributed by atoms with Gasteiger partial charge in [-0.1, -0.05) is 61.4 Å². The highest BCUT2D eigenvalue weighted by molar-refractivity contribution is 5.45. The molecule has 0 amide bonds. The molecule has 0 radical (unpaired) electrons. The van der Waals surface area contributed by atoms with E-state index in [1.54, 1.807) is 0 Å². The zero-order valence-electron chi connectivity index (χ0n) is 13.1. The van der Waals surface area contributed by atoms with Crippen LogP contribution >= 0.6 is 0 Å². The van der Waals surface area contributed by atoms with Crippen molar-refractivity contribution in [2.24, 2.45) is 0 Å². The molecule has 0 spiro atoms. The van der Waals surface area contributed by atoms with Crippen molar-refractivity contribution in [1.29, 1.82) is 0 Å². The molecule has 1 saturated carbocycles. The number of benzene rings is 2. The monoisotopic (exact) mass is 290 g/mol. The number of aryl methyl sites for hydroxylation is 1. The molecular formula is C21H22O. The summed E-state index contributed by atoms with van der Waals surface area (Å²) in [6.07, 6.45) is 5.96. The Morgan fingerprint density at radius 1 is 0.955 bits per heavy atom. The van der Waals surface area contributed by atoms with Crippen LogP contribution in [0.4, 0.5) is 0 Å². The molecule has 1 nitrogen and oxygen atoms in total. The van der Waals surface area contributed by atoms with Gasteiger partial charge in [0.25, 0.3) is 0 Å². The zero-order chi connectivity index (χ0) is 15.4. The molecule has 0 aliphatic heterocycles. The number of hydrogen-bond donors (Lipinski definition) is 1. The minimum absolute atomic E-state index is 0.0629. The van der Waals surface area contributed by atoms with Gasteiger partial charge in [0.2, 0.25) is 0 Å². The lowest BCUT2D eigenvalue weighted by molar-refractivity contribution is 0.368. The topological polar surface area (TPSA) is 20.2 Å². The second kappa shape index (κ2) is 6.28. The van der Waals surface area contributed by atoms with Gasteiger partial charge in [-0.25, -0.2) is 0 Å². The summed E-state index contributed by atoms with van der Waals surface area (Å²) in [5.41, 5.74) is 3.20. The average Bonchev–Trinajstić information content (AvgIpc) is 2.57. The third-order valence-corrected chi connectivity index (χ3v) is 4.68. The zero-order valence-corrected chi connectivity index (χ0v) is 13.1. The predicted octanol–water partition coefficient (Wildman–Crippen LogP) is 4.95. The van der Waals surface area contributed by atoms with Crippen LogP contribution in [0.3, 0.4) is 0 Å². The summed E-state index contributed by atoms with van der Waals surface area (Å²) in [7, 11) is 0. The van der Waals surface area contributed by atoms with Gasteiger partial charge < -0.3 is 5.11 Å². The van der Waals surface area contributed by atoms with Crippen molar-refractivity contribution in [3.8, 4) is 17.6 Å². The maximum Gasteiger partial charge on any atom is 0.118 e. The van der Waals surface area contributed by atoms with Gasteiger partial charge >= 0.3 is 0 Å². The normalized spacial score (nSPS) is 16.6. The Balaban J connectivity index is 2.01. The van der Waals surface area contributed by atoms with E-state index in [-0.39, 0.29) is 5.41 Å². The molecule has 0 atom stereocenters. The van der Waals surface area contributed by atoms with Crippen molar-refractivity contribution >= 4 is 0 Å². The molecule has 0 heterocycles. The number of aromatic hydroxyl groups is 1. The Kier molecular flexibility index (Phi) is 4.20. The Hall–Kier alpha value is -2.20. The van der Waals surface area contributed by atoms with Crippen LogP contribution in [0.2, 0.25) is 0 Å². The smallest absolute Gasteiger partial charge is 0.118 e. The van der Waals surface area contributed by atoms with Gasteiger partial charge in [0, 0.05) is 5.56 Å². The van der Waals surface area contributed by atoms with Crippen molar-refractivity contribution in [2.45, 2.75) is 44.4 Å². The fourth-order valence-corrected chi connectivity index (χ4v) is 3.31. The third kappa shape index (κ3) is 3.02. The molecule has 0 saturated heterocycles. The molecule has 112 valence electrons. The molecule has 0 unspecified atom stereocenters. The Morgan fingerprint density at radius 3 is 2.36 bits per heavy atom. The van der Waals surface area contributed by atoms with E-state index in [0.717, 1.165) is 24.0 Å². The quantitative estimate of drug-likeness (QED) is 0.736. The molecule has 1 aliphatic rings. The first kappa shape index (κ1) is 14.7. The van der Waals surface area contributed by atoms with E-state index in [1.165, 1.54) is 24.8 Å². The minimum Gasteiger partial charge on any atom is -0.508 e. The number of phenols is 1. The van der Waals surface area contributed by atoms with Crippen LogP contribution in [0, 0.1) is 18.8 Å². The first-order chi connectivity index (χ1) is 10.7. The molecule has 22 heavy (non-hydrogen) atoms. The lowest BCUT2D eigenvalue weighted by Crippen LogP contribution is -2.27. The van der Waals surface area contributed by atoms with Gasteiger partial charge in [0.15, 0.2) is 0 Å². The van der Waals surface area contributed by atoms with Crippen LogP contribution in [-0.4, -0.2) is 5.11 Å². The van der Waals surface area contributed by atoms with E-state index in [4.69, 9.17) is 0 Å². The Morgan fingerprint density at radius 2 is 1.68 bits per heavy atom. The summed E-state index contributed by atoms with van der Waals surface area (Å²) >= 11 is 0. The molecule has 0 aromatic heterocycles. The highest BCUT2D eigenvalue weighted by Gasteiger charge is 2.32. The van der Waals surface area contributed by atoms with Crippen molar-refractivity contribution in [3.05, 3.63) is 65.2 Å². The van der Waals surface area contributed by atoms with Crippen molar-refractivity contribution in [3.63, 3.8) is 0 Å². The van der Waals surface area contributed by atoms with E-state index in [0.29, 0.717) is 5.75 Å². The number of hydrogen-bond acceptors (Lipinski definition) is 1. The molecule has 2 aromatic rings. The van der Waals surface area contributed by atoms with E-state index in [2.05, 4.69) is 30.0 Å². The van der Waals surface area contributed by atoms with Crippen LogP contribution in [0.15, 0.2) is 48.5 Å². The van der Waals surface area contributed by atoms with Crippen molar-refractivity contribution in [1.82, 2.24) is 0 Å². The van der Waals surface area contributed by atoms with E-state index >= 15 is 0 Å². The first-order valence-corrected chi connectivity index (χ1v) is 8.08. The van der Waals surface area contributed by atoms with Crippen LogP contribution in [-0.2, 0) is 5.41 Å². The van der Waals surface area contributed by atoms with Gasteiger partial charge in [-0.15, -0.1) is 0 Å².